The van der Waals surface area contributed by atoms with Gasteiger partial charge in [0, 0.05) is 36.5 Å². The number of carbonyl (C=O) groups excluding carboxylic acids is 2. The van der Waals surface area contributed by atoms with Crippen LogP contribution in [0.15, 0.2) is 36.4 Å². The topological polar surface area (TPSA) is 114 Å². The SMILES string of the molecule is CCc1c(F)cccc1-c1cc(CC(=O)NS(=O)(=O)C2(C)CC2)ccc1O[C@@H]1CC[C@@H](NC(=O)[C@]2(F)CNC3(CCCC3)C2)C1. The molecule has 0 aromatic heterocycles. The minimum Gasteiger partial charge on any atom is -0.490 e. The molecule has 4 aliphatic rings. The number of amides is 2. The van der Waals surface area contributed by atoms with Crippen LogP contribution >= 0.6 is 0 Å². The van der Waals surface area contributed by atoms with Gasteiger partial charge in [0.05, 0.1) is 11.2 Å². The zero-order chi connectivity index (χ0) is 32.0. The fraction of sp³-hybridized carbons (Fsp3) is 0.588. The Morgan fingerprint density at radius 1 is 1.07 bits per heavy atom. The highest BCUT2D eigenvalue weighted by Crippen LogP contribution is 2.43. The summed E-state index contributed by atoms with van der Waals surface area (Å²) in [7, 11) is -3.77. The number of halogens is 2. The van der Waals surface area contributed by atoms with Gasteiger partial charge < -0.3 is 15.4 Å². The number of hydrogen-bond acceptors (Lipinski definition) is 6. The Morgan fingerprint density at radius 3 is 2.53 bits per heavy atom. The van der Waals surface area contributed by atoms with Crippen molar-refractivity contribution < 1.29 is 31.5 Å². The molecule has 1 saturated heterocycles. The van der Waals surface area contributed by atoms with Gasteiger partial charge in [0.25, 0.3) is 5.91 Å². The predicted octanol–water partition coefficient (Wildman–Crippen LogP) is 5.03. The second-order valence-electron chi connectivity index (χ2n) is 13.8. The zero-order valence-corrected chi connectivity index (χ0v) is 26.8. The minimum atomic E-state index is -3.77. The van der Waals surface area contributed by atoms with Gasteiger partial charge in [-0.15, -0.1) is 0 Å². The lowest BCUT2D eigenvalue weighted by molar-refractivity contribution is -0.132. The van der Waals surface area contributed by atoms with E-state index in [1.165, 1.54) is 6.07 Å². The van der Waals surface area contributed by atoms with E-state index in [9.17, 15) is 22.4 Å². The van der Waals surface area contributed by atoms with Crippen molar-refractivity contribution in [3.8, 4) is 16.9 Å². The van der Waals surface area contributed by atoms with Crippen molar-refractivity contribution in [3.05, 3.63) is 53.3 Å². The van der Waals surface area contributed by atoms with E-state index in [0.29, 0.717) is 66.5 Å². The molecule has 4 fully saturated rings. The van der Waals surface area contributed by atoms with Crippen LogP contribution in [-0.2, 0) is 32.5 Å². The average Bonchev–Trinajstić information content (AvgIpc) is 3.29. The standard InChI is InChI=1S/C34H43F2N3O5S/c1-3-25-26(7-6-8-28(25)35)27-17-22(18-30(40)39-45(42,43)32(2)15-16-32)9-12-29(27)44-24-11-10-23(19-24)38-31(41)34(36)20-33(37-21-34)13-4-5-14-33/h6-9,12,17,23-24,37H,3-5,10-11,13-16,18-21H2,1-2H3,(H,38,41)(H,39,40)/t23-,24-,34-/m1/s1. The molecule has 2 amide bonds. The number of carbonyl (C=O) groups is 2. The molecule has 3 aliphatic carbocycles. The van der Waals surface area contributed by atoms with E-state index in [2.05, 4.69) is 15.4 Å². The third-order valence-corrected chi connectivity index (χ3v) is 12.6. The molecule has 0 unspecified atom stereocenters. The number of rotatable bonds is 10. The van der Waals surface area contributed by atoms with Gasteiger partial charge in [-0.05, 0) is 86.8 Å². The molecule has 2 aromatic carbocycles. The van der Waals surface area contributed by atoms with Gasteiger partial charge in [-0.25, -0.2) is 17.2 Å². The van der Waals surface area contributed by atoms with E-state index in [1.54, 1.807) is 37.3 Å². The van der Waals surface area contributed by atoms with Crippen molar-refractivity contribution in [2.75, 3.05) is 6.54 Å². The summed E-state index contributed by atoms with van der Waals surface area (Å²) in [5, 5.41) is 6.24. The molecular weight excluding hydrogens is 600 g/mol. The highest BCUT2D eigenvalue weighted by Gasteiger charge is 2.54. The maximum atomic E-state index is 15.7. The van der Waals surface area contributed by atoms with Gasteiger partial charge in [0.1, 0.15) is 17.7 Å². The van der Waals surface area contributed by atoms with Crippen molar-refractivity contribution in [2.24, 2.45) is 0 Å². The van der Waals surface area contributed by atoms with Crippen molar-refractivity contribution in [1.29, 1.82) is 0 Å². The summed E-state index contributed by atoms with van der Waals surface area (Å²) in [6, 6.07) is 9.79. The van der Waals surface area contributed by atoms with Crippen LogP contribution in [-0.4, -0.2) is 54.9 Å². The lowest BCUT2D eigenvalue weighted by Crippen LogP contribution is -2.48. The van der Waals surface area contributed by atoms with Crippen LogP contribution in [0, 0.1) is 5.82 Å². The number of sulfonamides is 1. The van der Waals surface area contributed by atoms with Crippen molar-refractivity contribution in [3.63, 3.8) is 0 Å². The van der Waals surface area contributed by atoms with Crippen LogP contribution in [0.1, 0.15) is 89.2 Å². The maximum Gasteiger partial charge on any atom is 0.259 e. The first-order valence-corrected chi connectivity index (χ1v) is 17.7. The van der Waals surface area contributed by atoms with E-state index < -0.39 is 32.3 Å². The fourth-order valence-electron chi connectivity index (χ4n) is 7.34. The molecule has 3 saturated carbocycles. The molecule has 45 heavy (non-hydrogen) atoms. The van der Waals surface area contributed by atoms with E-state index in [0.717, 1.165) is 25.7 Å². The second kappa shape index (κ2) is 12.0. The number of benzene rings is 2. The van der Waals surface area contributed by atoms with Crippen LogP contribution in [0.4, 0.5) is 8.78 Å². The van der Waals surface area contributed by atoms with Crippen molar-refractivity contribution >= 4 is 21.8 Å². The van der Waals surface area contributed by atoms with Crippen LogP contribution in [0.25, 0.3) is 11.1 Å². The molecule has 2 aromatic rings. The van der Waals surface area contributed by atoms with E-state index in [1.807, 2.05) is 6.92 Å². The summed E-state index contributed by atoms with van der Waals surface area (Å²) < 4.78 is 63.5. The second-order valence-corrected chi connectivity index (χ2v) is 16.0. The van der Waals surface area contributed by atoms with Gasteiger partial charge >= 0.3 is 0 Å². The molecule has 8 nitrogen and oxygen atoms in total. The van der Waals surface area contributed by atoms with Gasteiger partial charge in [-0.3, -0.25) is 14.3 Å². The number of ether oxygens (including phenoxy) is 1. The normalized spacial score (nSPS) is 26.6. The number of nitrogens with one attached hydrogen (secondary N) is 3. The molecule has 11 heteroatoms. The third kappa shape index (κ3) is 6.48. The van der Waals surface area contributed by atoms with E-state index in [4.69, 9.17) is 4.74 Å². The van der Waals surface area contributed by atoms with Gasteiger partial charge in [-0.2, -0.15) is 0 Å². The molecule has 1 aliphatic heterocycles. The lowest BCUT2D eigenvalue weighted by atomic mass is 9.89. The van der Waals surface area contributed by atoms with Gasteiger partial charge in [0.15, 0.2) is 0 Å². The molecule has 1 spiro atoms. The first kappa shape index (κ1) is 31.9. The number of alkyl halides is 1. The van der Waals surface area contributed by atoms with Crippen LogP contribution in [0.5, 0.6) is 5.75 Å². The predicted molar refractivity (Wildman–Crippen MR) is 167 cm³/mol. The highest BCUT2D eigenvalue weighted by molar-refractivity contribution is 7.91. The Balaban J connectivity index is 1.16. The molecule has 0 bridgehead atoms. The largest absolute Gasteiger partial charge is 0.490 e. The molecule has 1 heterocycles. The van der Waals surface area contributed by atoms with Crippen LogP contribution in [0.3, 0.4) is 0 Å². The van der Waals surface area contributed by atoms with Crippen molar-refractivity contribution in [2.45, 2.75) is 119 Å². The monoisotopic (exact) mass is 643 g/mol. The van der Waals surface area contributed by atoms with Crippen LogP contribution < -0.4 is 20.1 Å². The Hall–Kier alpha value is -3.05. The Morgan fingerprint density at radius 2 is 1.82 bits per heavy atom. The molecule has 3 atom stereocenters. The van der Waals surface area contributed by atoms with E-state index in [-0.39, 0.29) is 42.9 Å². The van der Waals surface area contributed by atoms with Gasteiger partial charge in [-0.1, -0.05) is 38.0 Å². The smallest absolute Gasteiger partial charge is 0.259 e. The zero-order valence-electron chi connectivity index (χ0n) is 26.0. The average molecular weight is 644 g/mol. The third-order valence-electron chi connectivity index (χ3n) is 10.4. The molecule has 244 valence electrons. The first-order valence-electron chi connectivity index (χ1n) is 16.2. The summed E-state index contributed by atoms with van der Waals surface area (Å²) in [5.74, 6) is -1.04. The Kier molecular flexibility index (Phi) is 8.48. The van der Waals surface area contributed by atoms with Gasteiger partial charge in [0.2, 0.25) is 21.6 Å². The lowest BCUT2D eigenvalue weighted by Gasteiger charge is -2.25. The van der Waals surface area contributed by atoms with Crippen LogP contribution in [0.2, 0.25) is 0 Å². The Labute approximate surface area is 264 Å². The maximum absolute atomic E-state index is 15.7. The quantitative estimate of drug-likeness (QED) is 0.335. The minimum absolute atomic E-state index is 0.0395. The number of hydrogen-bond donors (Lipinski definition) is 3. The first-order chi connectivity index (χ1) is 21.3. The molecule has 6 rings (SSSR count). The molecule has 3 N–H and O–H groups in total. The van der Waals surface area contributed by atoms with Crippen molar-refractivity contribution in [1.82, 2.24) is 15.4 Å². The molecule has 0 radical (unpaired) electrons. The highest BCUT2D eigenvalue weighted by atomic mass is 32.2. The molecular formula is C34H43F2N3O5S. The summed E-state index contributed by atoms with van der Waals surface area (Å²) in [5.41, 5.74) is 0.125. The van der Waals surface area contributed by atoms with E-state index >= 15 is 4.39 Å². The summed E-state index contributed by atoms with van der Waals surface area (Å²) in [4.78, 5) is 25.8. The fourth-order valence-corrected chi connectivity index (χ4v) is 8.60. The summed E-state index contributed by atoms with van der Waals surface area (Å²) in [6.07, 6.45) is 6.97. The Bertz CT molecular complexity index is 1590. The summed E-state index contributed by atoms with van der Waals surface area (Å²) >= 11 is 0. The summed E-state index contributed by atoms with van der Waals surface area (Å²) in [6.45, 7) is 3.52.